The van der Waals surface area contributed by atoms with Gasteiger partial charge in [-0.1, -0.05) is 0 Å². The van der Waals surface area contributed by atoms with E-state index in [-0.39, 0.29) is 23.1 Å². The lowest BCUT2D eigenvalue weighted by Gasteiger charge is -2.27. The predicted octanol–water partition coefficient (Wildman–Crippen LogP) is 6.36. The van der Waals surface area contributed by atoms with Gasteiger partial charge in [0.25, 0.3) is 5.91 Å². The smallest absolute Gasteiger partial charge is 0.353 e. The van der Waals surface area contributed by atoms with Crippen LogP contribution in [-0.2, 0) is 6.18 Å². The van der Waals surface area contributed by atoms with Crippen molar-refractivity contribution in [3.05, 3.63) is 65.0 Å². The molecular formula is C21H12F12N4O. The van der Waals surface area contributed by atoms with E-state index in [1.807, 2.05) is 5.43 Å². The highest BCUT2D eigenvalue weighted by atomic mass is 19.4. The lowest BCUT2D eigenvalue weighted by Crippen LogP contribution is -2.40. The Morgan fingerprint density at radius 2 is 1.37 bits per heavy atom. The summed E-state index contributed by atoms with van der Waals surface area (Å²) >= 11 is 0. The Labute approximate surface area is 204 Å². The quantitative estimate of drug-likeness (QED) is 0.208. The van der Waals surface area contributed by atoms with E-state index in [0.29, 0.717) is 12.1 Å². The van der Waals surface area contributed by atoms with Crippen molar-refractivity contribution in [3.63, 3.8) is 0 Å². The highest BCUT2D eigenvalue weighted by Gasteiger charge is 2.38. The lowest BCUT2D eigenvalue weighted by molar-refractivity contribution is -0.138. The van der Waals surface area contributed by atoms with Crippen LogP contribution in [0.25, 0.3) is 10.9 Å². The van der Waals surface area contributed by atoms with Gasteiger partial charge in [-0.3, -0.25) is 15.6 Å². The molecule has 0 unspecified atom stereocenters. The molecule has 0 spiro atoms. The summed E-state index contributed by atoms with van der Waals surface area (Å²) in [7, 11) is 0. The normalized spacial score (nSPS) is 12.5. The summed E-state index contributed by atoms with van der Waals surface area (Å²) in [6.07, 6.45) is -15.4. The van der Waals surface area contributed by atoms with Gasteiger partial charge < -0.3 is 4.90 Å². The first kappa shape index (κ1) is 28.6. The van der Waals surface area contributed by atoms with Crippen LogP contribution in [0.2, 0.25) is 0 Å². The molecule has 3 rings (SSSR count). The summed E-state index contributed by atoms with van der Waals surface area (Å²) < 4.78 is 158. The average molecular weight is 564 g/mol. The molecule has 0 radical (unpaired) electrons. The lowest BCUT2D eigenvalue weighted by atomic mass is 10.1. The third-order valence-electron chi connectivity index (χ3n) is 4.76. The minimum absolute atomic E-state index is 0.0543. The van der Waals surface area contributed by atoms with Crippen molar-refractivity contribution in [1.82, 2.24) is 10.4 Å². The number of hydrogen-bond acceptors (Lipinski definition) is 4. The van der Waals surface area contributed by atoms with E-state index in [0.717, 1.165) is 6.07 Å². The molecule has 17 heteroatoms. The Morgan fingerprint density at radius 1 is 0.789 bits per heavy atom. The molecule has 3 aromatic rings. The number of nitrogens with one attached hydrogen (secondary N) is 2. The molecule has 0 atom stereocenters. The molecule has 0 fully saturated rings. The van der Waals surface area contributed by atoms with Gasteiger partial charge in [0.1, 0.15) is 24.7 Å². The number of pyridine rings is 1. The molecule has 0 aliphatic heterocycles. The van der Waals surface area contributed by atoms with Crippen LogP contribution in [0.1, 0.15) is 15.9 Å². The van der Waals surface area contributed by atoms with Gasteiger partial charge >= 0.3 is 18.5 Å². The molecule has 0 bridgehead atoms. The molecule has 0 saturated carbocycles. The molecule has 0 aliphatic rings. The molecular weight excluding hydrogens is 552 g/mol. The van der Waals surface area contributed by atoms with Gasteiger partial charge in [0, 0.05) is 17.1 Å². The van der Waals surface area contributed by atoms with Crippen molar-refractivity contribution in [1.29, 1.82) is 0 Å². The second-order valence-electron chi connectivity index (χ2n) is 7.67. The second kappa shape index (κ2) is 10.1. The zero-order valence-corrected chi connectivity index (χ0v) is 18.2. The number of rotatable bonds is 6. The van der Waals surface area contributed by atoms with E-state index >= 15 is 0 Å². The van der Waals surface area contributed by atoms with E-state index in [2.05, 4.69) is 4.98 Å². The third kappa shape index (κ3) is 7.10. The van der Waals surface area contributed by atoms with Crippen molar-refractivity contribution in [2.45, 2.75) is 18.5 Å². The van der Waals surface area contributed by atoms with Gasteiger partial charge in [-0.25, -0.2) is 18.2 Å². The van der Waals surface area contributed by atoms with Crippen LogP contribution < -0.4 is 15.8 Å². The Bertz CT molecular complexity index is 1340. The first-order valence-corrected chi connectivity index (χ1v) is 9.95. The largest absolute Gasteiger partial charge is 0.417 e. The van der Waals surface area contributed by atoms with Crippen LogP contribution in [0, 0.1) is 17.5 Å². The molecule has 5 nitrogen and oxygen atoms in total. The standard InChI is InChI=1S/C21H12F12N4O/c22-13-6-15(24)14(23)4-11(13)18(38)36-35-17-5-12(21(31,32)33)10-3-9(1-2-16(10)34-17)37(7-19(25,26)27)8-20(28,29)30/h1-6H,7-8H2,(H,34,35)(H,36,38). The topological polar surface area (TPSA) is 57.3 Å². The molecule has 0 saturated heterocycles. The van der Waals surface area contributed by atoms with Gasteiger partial charge in [0.2, 0.25) is 0 Å². The van der Waals surface area contributed by atoms with Gasteiger partial charge in [0.05, 0.1) is 16.6 Å². The molecule has 1 aromatic heterocycles. The van der Waals surface area contributed by atoms with Crippen LogP contribution in [0.3, 0.4) is 0 Å². The highest BCUT2D eigenvalue weighted by Crippen LogP contribution is 2.38. The predicted molar refractivity (Wildman–Crippen MR) is 108 cm³/mol. The monoisotopic (exact) mass is 564 g/mol. The summed E-state index contributed by atoms with van der Waals surface area (Å²) in [6, 6.07) is 2.37. The summed E-state index contributed by atoms with van der Waals surface area (Å²) in [5, 5.41) is -0.868. The highest BCUT2D eigenvalue weighted by molar-refractivity contribution is 5.95. The van der Waals surface area contributed by atoms with Crippen molar-refractivity contribution in [2.75, 3.05) is 23.4 Å². The first-order chi connectivity index (χ1) is 17.3. The number of carbonyl (C=O) groups excluding carboxylic acids is 1. The zero-order valence-electron chi connectivity index (χ0n) is 18.2. The third-order valence-corrected chi connectivity index (χ3v) is 4.76. The van der Waals surface area contributed by atoms with Crippen LogP contribution in [0.15, 0.2) is 36.4 Å². The molecule has 1 heterocycles. The zero-order chi connectivity index (χ0) is 28.6. The van der Waals surface area contributed by atoms with Crippen LogP contribution in [0.5, 0.6) is 0 Å². The van der Waals surface area contributed by atoms with E-state index in [4.69, 9.17) is 0 Å². The van der Waals surface area contributed by atoms with E-state index in [1.165, 1.54) is 0 Å². The number of amides is 1. The number of nitrogens with zero attached hydrogens (tertiary/aromatic N) is 2. The number of carbonyl (C=O) groups is 1. The summed E-state index contributed by atoms with van der Waals surface area (Å²) in [5.41, 5.74) is -0.338. The maximum Gasteiger partial charge on any atom is 0.417 e. The maximum absolute atomic E-state index is 13.7. The summed E-state index contributed by atoms with van der Waals surface area (Å²) in [5.74, 6) is -6.89. The molecule has 2 aromatic carbocycles. The van der Waals surface area contributed by atoms with Crippen molar-refractivity contribution >= 4 is 28.3 Å². The van der Waals surface area contributed by atoms with Gasteiger partial charge in [-0.05, 0) is 30.3 Å². The number of halogens is 12. The minimum atomic E-state index is -5.20. The number of hydrogen-bond donors (Lipinski definition) is 2. The maximum atomic E-state index is 13.7. The van der Waals surface area contributed by atoms with Gasteiger partial charge in [-0.2, -0.15) is 39.5 Å². The Morgan fingerprint density at radius 3 is 1.92 bits per heavy atom. The summed E-state index contributed by atoms with van der Waals surface area (Å²) in [6.45, 7) is -4.22. The fourth-order valence-electron chi connectivity index (χ4n) is 3.27. The van der Waals surface area contributed by atoms with Crippen LogP contribution in [-0.4, -0.2) is 36.3 Å². The van der Waals surface area contributed by atoms with E-state index in [9.17, 15) is 57.5 Å². The Hall–Kier alpha value is -3.92. The number of anilines is 2. The number of hydrazine groups is 1. The van der Waals surface area contributed by atoms with E-state index < -0.39 is 88.5 Å². The number of fused-ring (bicyclic) bond motifs is 1. The fraction of sp³-hybridized carbons (Fsp3) is 0.238. The van der Waals surface area contributed by atoms with Crippen molar-refractivity contribution < 1.29 is 57.5 Å². The molecule has 1 amide bonds. The van der Waals surface area contributed by atoms with Gasteiger partial charge in [0.15, 0.2) is 11.6 Å². The molecule has 2 N–H and O–H groups in total. The summed E-state index contributed by atoms with van der Waals surface area (Å²) in [4.78, 5) is 15.5. The first-order valence-electron chi connectivity index (χ1n) is 9.95. The minimum Gasteiger partial charge on any atom is -0.353 e. The Kier molecular flexibility index (Phi) is 7.61. The van der Waals surface area contributed by atoms with Gasteiger partial charge in [-0.15, -0.1) is 0 Å². The van der Waals surface area contributed by atoms with Crippen molar-refractivity contribution in [3.8, 4) is 0 Å². The number of alkyl halides is 9. The number of aromatic nitrogens is 1. The number of benzene rings is 2. The van der Waals surface area contributed by atoms with Crippen LogP contribution in [0.4, 0.5) is 64.2 Å². The molecule has 38 heavy (non-hydrogen) atoms. The fourth-order valence-corrected chi connectivity index (χ4v) is 3.27. The van der Waals surface area contributed by atoms with Crippen LogP contribution >= 0.6 is 0 Å². The molecule has 206 valence electrons. The Balaban J connectivity index is 1.99. The average Bonchev–Trinajstić information content (AvgIpc) is 2.76. The van der Waals surface area contributed by atoms with Crippen molar-refractivity contribution in [2.24, 2.45) is 0 Å². The van der Waals surface area contributed by atoms with E-state index in [1.54, 1.807) is 5.43 Å². The molecule has 0 aliphatic carbocycles. The second-order valence-corrected chi connectivity index (χ2v) is 7.67. The SMILES string of the molecule is O=C(NNc1cc(C(F)(F)F)c2cc(N(CC(F)(F)F)CC(F)(F)F)ccc2n1)c1cc(F)c(F)cc1F.